The fourth-order valence-corrected chi connectivity index (χ4v) is 3.72. The molecule has 1 aliphatic rings. The summed E-state index contributed by atoms with van der Waals surface area (Å²) in [7, 11) is 0. The number of nitrogens with one attached hydrogen (secondary N) is 1. The summed E-state index contributed by atoms with van der Waals surface area (Å²) in [5.74, 6) is 0.603. The molecule has 1 fully saturated rings. The van der Waals surface area contributed by atoms with E-state index in [1.165, 1.54) is 9.79 Å². The molecule has 0 spiro atoms. The number of urea groups is 1. The Kier molecular flexibility index (Phi) is 4.91. The standard InChI is InChI=1S/C19H22N2OS/c1-14-10-11-21(13-14)19(22)20-18-9-8-17(12-15(18)2)23-16-6-4-3-5-7-16/h3-9,12,14H,10-11,13H2,1-2H3,(H,20,22). The molecule has 1 unspecified atom stereocenters. The molecule has 2 aromatic carbocycles. The van der Waals surface area contributed by atoms with Crippen LogP contribution in [0.15, 0.2) is 58.3 Å². The van der Waals surface area contributed by atoms with E-state index in [9.17, 15) is 4.79 Å². The molecule has 3 rings (SSSR count). The number of hydrogen-bond acceptors (Lipinski definition) is 2. The van der Waals surface area contributed by atoms with Gasteiger partial charge in [-0.3, -0.25) is 0 Å². The van der Waals surface area contributed by atoms with Crippen LogP contribution < -0.4 is 5.32 Å². The van der Waals surface area contributed by atoms with Gasteiger partial charge in [-0.05, 0) is 55.2 Å². The molecular formula is C19H22N2OS. The Hall–Kier alpha value is -1.94. The predicted octanol–water partition coefficient (Wildman–Crippen LogP) is 5.02. The lowest BCUT2D eigenvalue weighted by molar-refractivity contribution is 0.221. The SMILES string of the molecule is Cc1cc(Sc2ccccc2)ccc1NC(=O)N1CCC(C)C1. The summed E-state index contributed by atoms with van der Waals surface area (Å²) >= 11 is 1.73. The minimum absolute atomic E-state index is 0.0147. The molecule has 1 atom stereocenters. The quantitative estimate of drug-likeness (QED) is 0.859. The number of anilines is 1. The average molecular weight is 326 g/mol. The zero-order chi connectivity index (χ0) is 16.2. The molecule has 1 N–H and O–H groups in total. The van der Waals surface area contributed by atoms with Crippen LogP contribution in [0.4, 0.5) is 10.5 Å². The summed E-state index contributed by atoms with van der Waals surface area (Å²) in [6, 6.07) is 16.5. The highest BCUT2D eigenvalue weighted by molar-refractivity contribution is 7.99. The Morgan fingerprint density at radius 2 is 1.96 bits per heavy atom. The third-order valence-corrected chi connectivity index (χ3v) is 5.13. The summed E-state index contributed by atoms with van der Waals surface area (Å²) in [5, 5.41) is 3.04. The number of aryl methyl sites for hydroxylation is 1. The third kappa shape index (κ3) is 4.08. The number of carbonyl (C=O) groups excluding carboxylic acids is 1. The molecule has 4 heteroatoms. The van der Waals surface area contributed by atoms with Gasteiger partial charge in [-0.15, -0.1) is 0 Å². The summed E-state index contributed by atoms with van der Waals surface area (Å²) in [4.78, 5) is 16.6. The van der Waals surface area contributed by atoms with Gasteiger partial charge in [-0.2, -0.15) is 0 Å². The second-order valence-electron chi connectivity index (χ2n) is 6.16. The Morgan fingerprint density at radius 1 is 1.17 bits per heavy atom. The molecule has 0 aromatic heterocycles. The number of rotatable bonds is 3. The topological polar surface area (TPSA) is 32.3 Å². The smallest absolute Gasteiger partial charge is 0.321 e. The van der Waals surface area contributed by atoms with E-state index in [1.807, 2.05) is 36.1 Å². The maximum Gasteiger partial charge on any atom is 0.321 e. The molecule has 0 bridgehead atoms. The fraction of sp³-hybridized carbons (Fsp3) is 0.316. The first kappa shape index (κ1) is 15.9. The van der Waals surface area contributed by atoms with Crippen LogP contribution in [0, 0.1) is 12.8 Å². The van der Waals surface area contributed by atoms with Gasteiger partial charge in [-0.1, -0.05) is 36.9 Å². The van der Waals surface area contributed by atoms with Crippen molar-refractivity contribution in [3.05, 3.63) is 54.1 Å². The Bertz CT molecular complexity index is 687. The van der Waals surface area contributed by atoms with Crippen molar-refractivity contribution in [2.24, 2.45) is 5.92 Å². The van der Waals surface area contributed by atoms with Gasteiger partial charge in [0.1, 0.15) is 0 Å². The van der Waals surface area contributed by atoms with E-state index in [4.69, 9.17) is 0 Å². The van der Waals surface area contributed by atoms with E-state index in [1.54, 1.807) is 11.8 Å². The molecule has 2 aromatic rings. The van der Waals surface area contributed by atoms with Crippen LogP contribution in [0.3, 0.4) is 0 Å². The second-order valence-corrected chi connectivity index (χ2v) is 7.31. The van der Waals surface area contributed by atoms with Gasteiger partial charge in [0.05, 0.1) is 0 Å². The molecule has 0 saturated carbocycles. The van der Waals surface area contributed by atoms with E-state index >= 15 is 0 Å². The molecule has 23 heavy (non-hydrogen) atoms. The third-order valence-electron chi connectivity index (χ3n) is 4.13. The van der Waals surface area contributed by atoms with Crippen LogP contribution in [-0.4, -0.2) is 24.0 Å². The van der Waals surface area contributed by atoms with Gasteiger partial charge < -0.3 is 10.2 Å². The van der Waals surface area contributed by atoms with Crippen molar-refractivity contribution in [3.63, 3.8) is 0 Å². The van der Waals surface area contributed by atoms with E-state index in [0.717, 1.165) is 30.8 Å². The van der Waals surface area contributed by atoms with Crippen LogP contribution in [-0.2, 0) is 0 Å². The number of hydrogen-bond donors (Lipinski definition) is 1. The van der Waals surface area contributed by atoms with E-state index in [-0.39, 0.29) is 6.03 Å². The van der Waals surface area contributed by atoms with Crippen LogP contribution >= 0.6 is 11.8 Å². The molecule has 0 aliphatic carbocycles. The molecule has 1 heterocycles. The largest absolute Gasteiger partial charge is 0.324 e. The van der Waals surface area contributed by atoms with Crippen molar-refractivity contribution in [1.82, 2.24) is 4.90 Å². The minimum atomic E-state index is 0.0147. The Balaban J connectivity index is 1.66. The van der Waals surface area contributed by atoms with Gasteiger partial charge in [0.15, 0.2) is 0 Å². The lowest BCUT2D eigenvalue weighted by Gasteiger charge is -2.18. The lowest BCUT2D eigenvalue weighted by Crippen LogP contribution is -2.33. The fourth-order valence-electron chi connectivity index (χ4n) is 2.78. The summed E-state index contributed by atoms with van der Waals surface area (Å²) in [6.45, 7) is 5.94. The minimum Gasteiger partial charge on any atom is -0.324 e. The number of carbonyl (C=O) groups is 1. The molecule has 1 aliphatic heterocycles. The maximum atomic E-state index is 12.3. The van der Waals surface area contributed by atoms with Crippen LogP contribution in [0.2, 0.25) is 0 Å². The van der Waals surface area contributed by atoms with Crippen molar-refractivity contribution in [2.75, 3.05) is 18.4 Å². The van der Waals surface area contributed by atoms with Crippen LogP contribution in [0.5, 0.6) is 0 Å². The van der Waals surface area contributed by atoms with Gasteiger partial charge in [0.25, 0.3) is 0 Å². The first-order valence-electron chi connectivity index (χ1n) is 8.01. The first-order valence-corrected chi connectivity index (χ1v) is 8.83. The molecule has 1 saturated heterocycles. The Morgan fingerprint density at radius 3 is 2.61 bits per heavy atom. The molecule has 120 valence electrons. The van der Waals surface area contributed by atoms with Crippen molar-refractivity contribution < 1.29 is 4.79 Å². The number of nitrogens with zero attached hydrogens (tertiary/aromatic N) is 1. The zero-order valence-electron chi connectivity index (χ0n) is 13.6. The molecule has 3 nitrogen and oxygen atoms in total. The summed E-state index contributed by atoms with van der Waals surface area (Å²) in [6.07, 6.45) is 1.10. The molecular weight excluding hydrogens is 304 g/mol. The highest BCUT2D eigenvalue weighted by Crippen LogP contribution is 2.30. The van der Waals surface area contributed by atoms with Crippen molar-refractivity contribution in [1.29, 1.82) is 0 Å². The van der Waals surface area contributed by atoms with Gasteiger partial charge in [0.2, 0.25) is 0 Å². The van der Waals surface area contributed by atoms with Crippen LogP contribution in [0.1, 0.15) is 18.9 Å². The lowest BCUT2D eigenvalue weighted by atomic mass is 10.2. The summed E-state index contributed by atoms with van der Waals surface area (Å²) < 4.78 is 0. The van der Waals surface area contributed by atoms with E-state index in [0.29, 0.717) is 5.92 Å². The normalized spacial score (nSPS) is 17.3. The van der Waals surface area contributed by atoms with Crippen molar-refractivity contribution in [3.8, 4) is 0 Å². The van der Waals surface area contributed by atoms with Crippen molar-refractivity contribution >= 4 is 23.5 Å². The highest BCUT2D eigenvalue weighted by Gasteiger charge is 2.23. The maximum absolute atomic E-state index is 12.3. The first-order chi connectivity index (χ1) is 11.1. The molecule has 2 amide bonds. The van der Waals surface area contributed by atoms with Gasteiger partial charge in [-0.25, -0.2) is 4.79 Å². The second kappa shape index (κ2) is 7.09. The van der Waals surface area contributed by atoms with E-state index < -0.39 is 0 Å². The number of benzene rings is 2. The average Bonchev–Trinajstić information content (AvgIpc) is 2.98. The van der Waals surface area contributed by atoms with E-state index in [2.05, 4.69) is 36.5 Å². The van der Waals surface area contributed by atoms with Crippen LogP contribution in [0.25, 0.3) is 0 Å². The number of likely N-dealkylation sites (tertiary alicyclic amines) is 1. The Labute approximate surface area is 142 Å². The highest BCUT2D eigenvalue weighted by atomic mass is 32.2. The molecule has 0 radical (unpaired) electrons. The zero-order valence-corrected chi connectivity index (χ0v) is 14.4. The predicted molar refractivity (Wildman–Crippen MR) is 96.1 cm³/mol. The monoisotopic (exact) mass is 326 g/mol. The van der Waals surface area contributed by atoms with Gasteiger partial charge in [0, 0.05) is 28.6 Å². The van der Waals surface area contributed by atoms with Crippen molar-refractivity contribution in [2.45, 2.75) is 30.1 Å². The summed E-state index contributed by atoms with van der Waals surface area (Å²) in [5.41, 5.74) is 1.98. The number of amides is 2. The van der Waals surface area contributed by atoms with Gasteiger partial charge >= 0.3 is 6.03 Å².